The molecule has 0 aromatic carbocycles. The molecule has 0 aliphatic carbocycles. The van der Waals surface area contributed by atoms with Crippen molar-refractivity contribution in [3.05, 3.63) is 0 Å². The van der Waals surface area contributed by atoms with E-state index in [1.165, 1.54) is 19.3 Å². The van der Waals surface area contributed by atoms with Gasteiger partial charge in [-0.25, -0.2) is 9.59 Å². The van der Waals surface area contributed by atoms with Crippen molar-refractivity contribution in [3.8, 4) is 0 Å². The molecular weight excluding hydrogens is 232 g/mol. The molecule has 0 fully saturated rings. The fraction of sp³-hybridized carbons (Fsp3) is 0.846. The Balaban J connectivity index is 3.82. The van der Waals surface area contributed by atoms with E-state index in [0.717, 1.165) is 12.8 Å². The first-order valence-corrected chi connectivity index (χ1v) is 6.81. The fourth-order valence-electron chi connectivity index (χ4n) is 1.71. The van der Waals surface area contributed by atoms with Crippen LogP contribution in [0.1, 0.15) is 59.3 Å². The average Bonchev–Trinajstić information content (AvgIpc) is 2.31. The van der Waals surface area contributed by atoms with Crippen LogP contribution in [0.2, 0.25) is 0 Å². The SMILES string of the molecule is CCCCCCC(C)NC(=O)N[C@H](CC)C(=O)O. The van der Waals surface area contributed by atoms with Gasteiger partial charge in [0, 0.05) is 6.04 Å². The summed E-state index contributed by atoms with van der Waals surface area (Å²) in [6.45, 7) is 5.83. The maximum Gasteiger partial charge on any atom is 0.326 e. The van der Waals surface area contributed by atoms with Crippen LogP contribution in [0.3, 0.4) is 0 Å². The zero-order chi connectivity index (χ0) is 14.0. The highest BCUT2D eigenvalue weighted by atomic mass is 16.4. The first-order valence-electron chi connectivity index (χ1n) is 6.81. The van der Waals surface area contributed by atoms with Crippen LogP contribution >= 0.6 is 0 Å². The van der Waals surface area contributed by atoms with Gasteiger partial charge in [-0.05, 0) is 19.8 Å². The summed E-state index contributed by atoms with van der Waals surface area (Å²) in [6, 6.07) is -1.13. The Bertz CT molecular complexity index is 257. The number of aliphatic carboxylic acids is 1. The summed E-state index contributed by atoms with van der Waals surface area (Å²) in [5.74, 6) is -0.997. The lowest BCUT2D eigenvalue weighted by atomic mass is 10.1. The van der Waals surface area contributed by atoms with Gasteiger partial charge in [-0.15, -0.1) is 0 Å². The number of amides is 2. The van der Waals surface area contributed by atoms with Gasteiger partial charge in [0.15, 0.2) is 0 Å². The molecule has 0 aromatic rings. The lowest BCUT2D eigenvalue weighted by Gasteiger charge is -2.17. The second-order valence-corrected chi connectivity index (χ2v) is 4.67. The maximum atomic E-state index is 11.5. The van der Waals surface area contributed by atoms with Crippen molar-refractivity contribution >= 4 is 12.0 Å². The molecule has 5 heteroatoms. The van der Waals surface area contributed by atoms with Gasteiger partial charge in [-0.1, -0.05) is 39.5 Å². The number of unbranched alkanes of at least 4 members (excludes halogenated alkanes) is 3. The number of nitrogens with one attached hydrogen (secondary N) is 2. The van der Waals surface area contributed by atoms with Crippen molar-refractivity contribution in [1.82, 2.24) is 10.6 Å². The molecule has 0 saturated carbocycles. The number of carboxylic acid groups (broad SMARTS) is 1. The van der Waals surface area contributed by atoms with E-state index in [2.05, 4.69) is 17.6 Å². The first-order chi connectivity index (χ1) is 8.51. The highest BCUT2D eigenvalue weighted by molar-refractivity contribution is 5.82. The Morgan fingerprint density at radius 3 is 2.28 bits per heavy atom. The van der Waals surface area contributed by atoms with Crippen molar-refractivity contribution in [2.45, 2.75) is 71.4 Å². The third kappa shape index (κ3) is 7.92. The summed E-state index contributed by atoms with van der Waals surface area (Å²) in [5, 5.41) is 14.0. The largest absolute Gasteiger partial charge is 0.480 e. The molecule has 0 bridgehead atoms. The lowest BCUT2D eigenvalue weighted by Crippen LogP contribution is -2.48. The molecule has 0 spiro atoms. The summed E-state index contributed by atoms with van der Waals surface area (Å²) in [6.07, 6.45) is 5.99. The van der Waals surface area contributed by atoms with Crippen LogP contribution in [-0.2, 0) is 4.79 Å². The second-order valence-electron chi connectivity index (χ2n) is 4.67. The minimum atomic E-state index is -0.997. The number of urea groups is 1. The molecule has 106 valence electrons. The topological polar surface area (TPSA) is 78.4 Å². The van der Waals surface area contributed by atoms with Gasteiger partial charge in [0.25, 0.3) is 0 Å². The third-order valence-corrected chi connectivity index (χ3v) is 2.88. The van der Waals surface area contributed by atoms with Gasteiger partial charge in [-0.3, -0.25) is 0 Å². The lowest BCUT2D eigenvalue weighted by molar-refractivity contribution is -0.139. The number of rotatable bonds is 9. The van der Waals surface area contributed by atoms with Crippen LogP contribution in [0, 0.1) is 0 Å². The quantitative estimate of drug-likeness (QED) is 0.556. The molecule has 0 aromatic heterocycles. The van der Waals surface area contributed by atoms with E-state index >= 15 is 0 Å². The van der Waals surface area contributed by atoms with E-state index in [1.807, 2.05) is 6.92 Å². The molecule has 5 nitrogen and oxygen atoms in total. The van der Waals surface area contributed by atoms with E-state index < -0.39 is 18.0 Å². The van der Waals surface area contributed by atoms with Crippen molar-refractivity contribution in [2.75, 3.05) is 0 Å². The molecule has 0 heterocycles. The molecule has 0 saturated heterocycles. The normalized spacial score (nSPS) is 13.7. The minimum Gasteiger partial charge on any atom is -0.480 e. The number of hydrogen-bond acceptors (Lipinski definition) is 2. The maximum absolute atomic E-state index is 11.5. The van der Waals surface area contributed by atoms with E-state index in [9.17, 15) is 9.59 Å². The number of carboxylic acids is 1. The zero-order valence-corrected chi connectivity index (χ0v) is 11.7. The molecule has 1 unspecified atom stereocenters. The minimum absolute atomic E-state index is 0.0770. The van der Waals surface area contributed by atoms with Crippen LogP contribution in [0.15, 0.2) is 0 Å². The molecule has 2 amide bonds. The molecule has 3 N–H and O–H groups in total. The summed E-state index contributed by atoms with van der Waals surface area (Å²) in [4.78, 5) is 22.3. The van der Waals surface area contributed by atoms with Crippen molar-refractivity contribution in [1.29, 1.82) is 0 Å². The van der Waals surface area contributed by atoms with Gasteiger partial charge in [-0.2, -0.15) is 0 Å². The smallest absolute Gasteiger partial charge is 0.326 e. The Hall–Kier alpha value is -1.26. The second kappa shape index (κ2) is 9.74. The van der Waals surface area contributed by atoms with Gasteiger partial charge >= 0.3 is 12.0 Å². The number of hydrogen-bond donors (Lipinski definition) is 3. The molecule has 2 atom stereocenters. The third-order valence-electron chi connectivity index (χ3n) is 2.88. The molecule has 0 aliphatic rings. The van der Waals surface area contributed by atoms with E-state index in [4.69, 9.17) is 5.11 Å². The Kier molecular flexibility index (Phi) is 9.06. The first kappa shape index (κ1) is 16.7. The Morgan fingerprint density at radius 1 is 1.11 bits per heavy atom. The van der Waals surface area contributed by atoms with E-state index in [-0.39, 0.29) is 6.04 Å². The Morgan fingerprint density at radius 2 is 1.78 bits per heavy atom. The van der Waals surface area contributed by atoms with Gasteiger partial charge < -0.3 is 15.7 Å². The molecular formula is C13H26N2O3. The molecule has 0 rings (SSSR count). The van der Waals surface area contributed by atoms with Gasteiger partial charge in [0.05, 0.1) is 0 Å². The van der Waals surface area contributed by atoms with E-state index in [1.54, 1.807) is 6.92 Å². The Labute approximate surface area is 109 Å². The van der Waals surface area contributed by atoms with Crippen LogP contribution in [0.4, 0.5) is 4.79 Å². The molecule has 18 heavy (non-hydrogen) atoms. The summed E-state index contributed by atoms with van der Waals surface area (Å²) in [5.41, 5.74) is 0. The highest BCUT2D eigenvalue weighted by Crippen LogP contribution is 2.05. The van der Waals surface area contributed by atoms with Crippen LogP contribution < -0.4 is 10.6 Å². The molecule has 0 radical (unpaired) electrons. The van der Waals surface area contributed by atoms with E-state index in [0.29, 0.717) is 6.42 Å². The zero-order valence-electron chi connectivity index (χ0n) is 11.7. The van der Waals surface area contributed by atoms with Crippen molar-refractivity contribution in [2.24, 2.45) is 0 Å². The van der Waals surface area contributed by atoms with Crippen LogP contribution in [0.5, 0.6) is 0 Å². The van der Waals surface area contributed by atoms with Gasteiger partial charge in [0.1, 0.15) is 6.04 Å². The summed E-state index contributed by atoms with van der Waals surface area (Å²) >= 11 is 0. The standard InChI is InChI=1S/C13H26N2O3/c1-4-6-7-8-9-10(3)14-13(18)15-11(5-2)12(16)17/h10-11H,4-9H2,1-3H3,(H,16,17)(H2,14,15,18)/t10?,11-/m1/s1. The summed E-state index contributed by atoms with van der Waals surface area (Å²) in [7, 11) is 0. The predicted molar refractivity (Wildman–Crippen MR) is 71.6 cm³/mol. The number of carbonyl (C=O) groups excluding carboxylic acids is 1. The van der Waals surface area contributed by atoms with Crippen molar-refractivity contribution in [3.63, 3.8) is 0 Å². The molecule has 0 aliphatic heterocycles. The van der Waals surface area contributed by atoms with Crippen LogP contribution in [0.25, 0.3) is 0 Å². The summed E-state index contributed by atoms with van der Waals surface area (Å²) < 4.78 is 0. The van der Waals surface area contributed by atoms with Crippen molar-refractivity contribution < 1.29 is 14.7 Å². The average molecular weight is 258 g/mol. The predicted octanol–water partition coefficient (Wildman–Crippen LogP) is 2.51. The van der Waals surface area contributed by atoms with Crippen LogP contribution in [-0.4, -0.2) is 29.2 Å². The number of carbonyl (C=O) groups is 2. The van der Waals surface area contributed by atoms with Gasteiger partial charge in [0.2, 0.25) is 0 Å². The highest BCUT2D eigenvalue weighted by Gasteiger charge is 2.18. The fourth-order valence-corrected chi connectivity index (χ4v) is 1.71. The monoisotopic (exact) mass is 258 g/mol.